The number of nitrogens with two attached hydrogens (primary N) is 1. The third-order valence-corrected chi connectivity index (χ3v) is 3.59. The lowest BCUT2D eigenvalue weighted by Crippen LogP contribution is -2.27. The number of aliphatic hydroxyl groups excluding tert-OH is 1. The summed E-state index contributed by atoms with van der Waals surface area (Å²) in [6, 6.07) is 2.23. The molecule has 1 aliphatic rings. The second-order valence-electron chi connectivity index (χ2n) is 4.79. The maximum atomic E-state index is 8.97. The zero-order valence-electron chi connectivity index (χ0n) is 11.2. The molecule has 0 unspecified atom stereocenters. The summed E-state index contributed by atoms with van der Waals surface area (Å²) >= 11 is 0. The maximum absolute atomic E-state index is 8.97. The Balaban J connectivity index is 2.29. The lowest BCUT2D eigenvalue weighted by atomic mass is 10.1. The van der Waals surface area contributed by atoms with Crippen molar-refractivity contribution in [1.82, 2.24) is 4.98 Å². The number of fused-ring (bicyclic) bond motifs is 1. The maximum Gasteiger partial charge on any atom is 0.133 e. The molecule has 100 valence electrons. The number of nitrogens with zero attached hydrogens (tertiary/aromatic N) is 2. The molecular weight excluding hydrogens is 226 g/mol. The molecule has 0 spiro atoms. The van der Waals surface area contributed by atoms with Crippen molar-refractivity contribution in [2.24, 2.45) is 5.73 Å². The average molecular weight is 249 g/mol. The summed E-state index contributed by atoms with van der Waals surface area (Å²) < 4.78 is 0. The van der Waals surface area contributed by atoms with Crippen molar-refractivity contribution in [3.63, 3.8) is 0 Å². The van der Waals surface area contributed by atoms with Crippen LogP contribution in [0.2, 0.25) is 0 Å². The van der Waals surface area contributed by atoms with Crippen LogP contribution in [0.1, 0.15) is 36.6 Å². The first-order chi connectivity index (χ1) is 8.80. The van der Waals surface area contributed by atoms with Crippen molar-refractivity contribution < 1.29 is 5.11 Å². The Morgan fingerprint density at radius 2 is 2.28 bits per heavy atom. The molecule has 18 heavy (non-hydrogen) atoms. The molecule has 4 heteroatoms. The summed E-state index contributed by atoms with van der Waals surface area (Å²) in [5, 5.41) is 8.97. The van der Waals surface area contributed by atoms with E-state index in [1.807, 2.05) is 0 Å². The Labute approximate surface area is 109 Å². The zero-order chi connectivity index (χ0) is 13.0. The first kappa shape index (κ1) is 13.3. The summed E-state index contributed by atoms with van der Waals surface area (Å²) in [6.07, 6.45) is 4.21. The van der Waals surface area contributed by atoms with Crippen LogP contribution in [0, 0.1) is 0 Å². The lowest BCUT2D eigenvalue weighted by Gasteiger charge is -2.25. The van der Waals surface area contributed by atoms with Crippen molar-refractivity contribution in [2.75, 3.05) is 24.6 Å². The highest BCUT2D eigenvalue weighted by Crippen LogP contribution is 2.27. The van der Waals surface area contributed by atoms with E-state index in [9.17, 15) is 0 Å². The number of aryl methyl sites for hydroxylation is 2. The highest BCUT2D eigenvalue weighted by molar-refractivity contribution is 5.50. The van der Waals surface area contributed by atoms with E-state index in [2.05, 4.69) is 17.9 Å². The number of hydrogen-bond donors (Lipinski definition) is 2. The van der Waals surface area contributed by atoms with E-state index in [0.29, 0.717) is 6.54 Å². The molecule has 0 radical (unpaired) electrons. The van der Waals surface area contributed by atoms with Gasteiger partial charge in [0, 0.05) is 37.5 Å². The molecule has 1 aromatic rings. The van der Waals surface area contributed by atoms with Gasteiger partial charge in [-0.1, -0.05) is 0 Å². The van der Waals surface area contributed by atoms with Gasteiger partial charge in [-0.2, -0.15) is 0 Å². The molecule has 0 bridgehead atoms. The summed E-state index contributed by atoms with van der Waals surface area (Å²) in [6.45, 7) is 4.61. The Kier molecular flexibility index (Phi) is 4.55. The van der Waals surface area contributed by atoms with Crippen LogP contribution in [0.3, 0.4) is 0 Å². The first-order valence-electron chi connectivity index (χ1n) is 6.87. The quantitative estimate of drug-likeness (QED) is 0.796. The van der Waals surface area contributed by atoms with Gasteiger partial charge in [0.2, 0.25) is 0 Å². The molecule has 1 aliphatic carbocycles. The van der Waals surface area contributed by atoms with Crippen LogP contribution < -0.4 is 10.6 Å². The predicted octanol–water partition coefficient (Wildman–Crippen LogP) is 1.24. The normalized spacial score (nSPS) is 13.7. The number of aromatic nitrogens is 1. The van der Waals surface area contributed by atoms with Crippen LogP contribution in [0.15, 0.2) is 6.07 Å². The Bertz CT molecular complexity index is 406. The van der Waals surface area contributed by atoms with Gasteiger partial charge in [-0.3, -0.25) is 0 Å². The van der Waals surface area contributed by atoms with Crippen LogP contribution in [-0.2, 0) is 19.4 Å². The van der Waals surface area contributed by atoms with E-state index >= 15 is 0 Å². The van der Waals surface area contributed by atoms with E-state index in [1.165, 1.54) is 17.7 Å². The smallest absolute Gasteiger partial charge is 0.133 e. The van der Waals surface area contributed by atoms with Crippen LogP contribution in [0.5, 0.6) is 0 Å². The van der Waals surface area contributed by atoms with Gasteiger partial charge in [-0.15, -0.1) is 0 Å². The van der Waals surface area contributed by atoms with Crippen molar-refractivity contribution in [1.29, 1.82) is 0 Å². The fraction of sp³-hybridized carbons (Fsp3) is 0.643. The largest absolute Gasteiger partial charge is 0.396 e. The molecule has 0 saturated carbocycles. The second-order valence-corrected chi connectivity index (χ2v) is 4.79. The highest BCUT2D eigenvalue weighted by atomic mass is 16.3. The molecule has 1 aromatic heterocycles. The molecule has 1 heterocycles. The van der Waals surface area contributed by atoms with E-state index in [1.54, 1.807) is 0 Å². The highest BCUT2D eigenvalue weighted by Gasteiger charge is 2.18. The topological polar surface area (TPSA) is 62.4 Å². The Morgan fingerprint density at radius 1 is 1.44 bits per heavy atom. The minimum atomic E-state index is 0.222. The van der Waals surface area contributed by atoms with Gasteiger partial charge in [0.15, 0.2) is 0 Å². The van der Waals surface area contributed by atoms with Crippen LogP contribution >= 0.6 is 0 Å². The van der Waals surface area contributed by atoms with Crippen molar-refractivity contribution in [3.05, 3.63) is 22.9 Å². The van der Waals surface area contributed by atoms with E-state index in [4.69, 9.17) is 15.8 Å². The summed E-state index contributed by atoms with van der Waals surface area (Å²) in [7, 11) is 0. The Hall–Kier alpha value is -1.13. The van der Waals surface area contributed by atoms with E-state index < -0.39 is 0 Å². The molecular formula is C14H23N3O. The summed E-state index contributed by atoms with van der Waals surface area (Å²) in [4.78, 5) is 7.03. The zero-order valence-corrected chi connectivity index (χ0v) is 11.2. The molecule has 0 aliphatic heterocycles. The molecule has 0 saturated heterocycles. The summed E-state index contributed by atoms with van der Waals surface area (Å²) in [5.41, 5.74) is 9.60. The van der Waals surface area contributed by atoms with Gasteiger partial charge in [-0.05, 0) is 44.2 Å². The third kappa shape index (κ3) is 2.65. The fourth-order valence-corrected chi connectivity index (χ4v) is 2.61. The van der Waals surface area contributed by atoms with Crippen molar-refractivity contribution >= 4 is 5.82 Å². The third-order valence-electron chi connectivity index (χ3n) is 3.59. The average Bonchev–Trinajstić information content (AvgIpc) is 2.85. The standard InChI is InChI=1S/C14H23N3O/c1-2-17(7-4-8-18)14-12(10-15)9-11-5-3-6-13(11)16-14/h9,18H,2-8,10,15H2,1H3. The van der Waals surface area contributed by atoms with Gasteiger partial charge < -0.3 is 15.7 Å². The molecule has 2 rings (SSSR count). The number of anilines is 1. The summed E-state index contributed by atoms with van der Waals surface area (Å²) in [5.74, 6) is 1.02. The second kappa shape index (κ2) is 6.16. The predicted molar refractivity (Wildman–Crippen MR) is 73.7 cm³/mol. The van der Waals surface area contributed by atoms with Gasteiger partial charge in [0.1, 0.15) is 5.82 Å². The monoisotopic (exact) mass is 249 g/mol. The molecule has 0 amide bonds. The number of hydrogen-bond acceptors (Lipinski definition) is 4. The van der Waals surface area contributed by atoms with Gasteiger partial charge in [0.05, 0.1) is 0 Å². The van der Waals surface area contributed by atoms with Crippen molar-refractivity contribution in [2.45, 2.75) is 39.2 Å². The Morgan fingerprint density at radius 3 is 2.94 bits per heavy atom. The van der Waals surface area contributed by atoms with Crippen molar-refractivity contribution in [3.8, 4) is 0 Å². The lowest BCUT2D eigenvalue weighted by molar-refractivity contribution is 0.289. The van der Waals surface area contributed by atoms with Gasteiger partial charge in [0.25, 0.3) is 0 Å². The molecule has 3 N–H and O–H groups in total. The molecule has 0 atom stereocenters. The van der Waals surface area contributed by atoms with Gasteiger partial charge in [-0.25, -0.2) is 4.98 Å². The number of rotatable bonds is 6. The molecule has 0 aromatic carbocycles. The SMILES string of the molecule is CCN(CCCO)c1nc2c(cc1CN)CCC2. The first-order valence-corrected chi connectivity index (χ1v) is 6.87. The molecule has 0 fully saturated rings. The van der Waals surface area contributed by atoms with E-state index in [-0.39, 0.29) is 6.61 Å². The number of pyridine rings is 1. The van der Waals surface area contributed by atoms with Crippen LogP contribution in [-0.4, -0.2) is 29.8 Å². The van der Waals surface area contributed by atoms with E-state index in [0.717, 1.165) is 43.7 Å². The van der Waals surface area contributed by atoms with Gasteiger partial charge >= 0.3 is 0 Å². The minimum Gasteiger partial charge on any atom is -0.396 e. The number of aliphatic hydroxyl groups is 1. The minimum absolute atomic E-state index is 0.222. The van der Waals surface area contributed by atoms with Crippen LogP contribution in [0.25, 0.3) is 0 Å². The fourth-order valence-electron chi connectivity index (χ4n) is 2.61. The van der Waals surface area contributed by atoms with Crippen LogP contribution in [0.4, 0.5) is 5.82 Å². The molecule has 4 nitrogen and oxygen atoms in total.